The van der Waals surface area contributed by atoms with Gasteiger partial charge in [-0.2, -0.15) is 0 Å². The minimum atomic E-state index is -0.311. The average Bonchev–Trinajstić information content (AvgIpc) is 2.64. The molecule has 1 aromatic carbocycles. The van der Waals surface area contributed by atoms with Gasteiger partial charge in [0.1, 0.15) is 5.75 Å². The molecule has 0 radical (unpaired) electrons. The lowest BCUT2D eigenvalue weighted by Gasteiger charge is -2.21. The van der Waals surface area contributed by atoms with Crippen molar-refractivity contribution in [1.29, 1.82) is 0 Å². The molecule has 0 amide bonds. The van der Waals surface area contributed by atoms with E-state index in [-0.39, 0.29) is 12.3 Å². The van der Waals surface area contributed by atoms with Gasteiger partial charge in [-0.1, -0.05) is 0 Å². The lowest BCUT2D eigenvalue weighted by atomic mass is 9.94. The third-order valence-corrected chi connectivity index (χ3v) is 2.45. The number of hydrogen-bond acceptors (Lipinski definition) is 4. The summed E-state index contributed by atoms with van der Waals surface area (Å²) in [5, 5.41) is 0. The Hall–Kier alpha value is -1.42. The fourth-order valence-electron chi connectivity index (χ4n) is 1.83. The van der Waals surface area contributed by atoms with E-state index in [9.17, 15) is 0 Å². The number of rotatable bonds is 3. The molecule has 1 aliphatic rings. The molecular weight excluding hydrogens is 206 g/mol. The molecule has 4 heteroatoms. The van der Waals surface area contributed by atoms with Crippen LogP contribution in [0.15, 0.2) is 12.1 Å². The molecule has 88 valence electrons. The molecule has 2 N–H and O–H groups in total. The zero-order valence-corrected chi connectivity index (χ0v) is 9.87. The highest BCUT2D eigenvalue weighted by atomic mass is 16.7. The summed E-state index contributed by atoms with van der Waals surface area (Å²) < 4.78 is 16.1. The topological polar surface area (TPSA) is 53.7 Å². The molecule has 16 heavy (non-hydrogen) atoms. The average molecular weight is 223 g/mol. The van der Waals surface area contributed by atoms with E-state index < -0.39 is 0 Å². The maximum Gasteiger partial charge on any atom is 0.231 e. The Morgan fingerprint density at radius 3 is 2.75 bits per heavy atom. The Morgan fingerprint density at radius 1 is 1.38 bits per heavy atom. The van der Waals surface area contributed by atoms with Gasteiger partial charge in [-0.3, -0.25) is 0 Å². The number of nitrogens with two attached hydrogens (primary N) is 1. The van der Waals surface area contributed by atoms with Crippen LogP contribution in [-0.2, 0) is 6.42 Å². The van der Waals surface area contributed by atoms with Gasteiger partial charge in [0.15, 0.2) is 11.5 Å². The SMILES string of the molecule is COc1ccc2c(c1CC(C)(C)N)OCO2. The smallest absolute Gasteiger partial charge is 0.231 e. The second-order valence-corrected chi connectivity index (χ2v) is 4.65. The van der Waals surface area contributed by atoms with Crippen molar-refractivity contribution in [1.82, 2.24) is 0 Å². The van der Waals surface area contributed by atoms with Crippen LogP contribution in [-0.4, -0.2) is 19.4 Å². The maximum absolute atomic E-state index is 6.03. The fraction of sp³-hybridized carbons (Fsp3) is 0.500. The van der Waals surface area contributed by atoms with Gasteiger partial charge in [0.2, 0.25) is 6.79 Å². The van der Waals surface area contributed by atoms with Crippen LogP contribution >= 0.6 is 0 Å². The minimum Gasteiger partial charge on any atom is -0.496 e. The highest BCUT2D eigenvalue weighted by molar-refractivity contribution is 5.55. The molecule has 0 aliphatic carbocycles. The lowest BCUT2D eigenvalue weighted by Crippen LogP contribution is -2.34. The Kier molecular flexibility index (Phi) is 2.68. The van der Waals surface area contributed by atoms with Gasteiger partial charge in [-0.05, 0) is 32.4 Å². The summed E-state index contributed by atoms with van der Waals surface area (Å²) in [6, 6.07) is 3.74. The van der Waals surface area contributed by atoms with Crippen LogP contribution in [0.4, 0.5) is 0 Å². The summed E-state index contributed by atoms with van der Waals surface area (Å²) in [5.41, 5.74) is 6.70. The van der Waals surface area contributed by atoms with Crippen LogP contribution in [0.3, 0.4) is 0 Å². The van der Waals surface area contributed by atoms with Crippen molar-refractivity contribution >= 4 is 0 Å². The Morgan fingerprint density at radius 2 is 2.12 bits per heavy atom. The highest BCUT2D eigenvalue weighted by Crippen LogP contribution is 2.41. The molecule has 0 atom stereocenters. The number of methoxy groups -OCH3 is 1. The minimum absolute atomic E-state index is 0.264. The molecule has 0 fully saturated rings. The molecule has 1 heterocycles. The van der Waals surface area contributed by atoms with Gasteiger partial charge < -0.3 is 19.9 Å². The molecule has 2 rings (SSSR count). The van der Waals surface area contributed by atoms with Gasteiger partial charge in [0, 0.05) is 11.1 Å². The van der Waals surface area contributed by atoms with Crippen molar-refractivity contribution in [2.75, 3.05) is 13.9 Å². The van der Waals surface area contributed by atoms with E-state index in [2.05, 4.69) is 0 Å². The van der Waals surface area contributed by atoms with E-state index >= 15 is 0 Å². The Labute approximate surface area is 95.3 Å². The van der Waals surface area contributed by atoms with Gasteiger partial charge in [-0.15, -0.1) is 0 Å². The largest absolute Gasteiger partial charge is 0.496 e. The van der Waals surface area contributed by atoms with Crippen molar-refractivity contribution in [2.24, 2.45) is 5.73 Å². The van der Waals surface area contributed by atoms with Gasteiger partial charge in [0.25, 0.3) is 0 Å². The van der Waals surface area contributed by atoms with Crippen LogP contribution in [0, 0.1) is 0 Å². The van der Waals surface area contributed by atoms with Crippen LogP contribution in [0.5, 0.6) is 17.2 Å². The Balaban J connectivity index is 2.44. The third kappa shape index (κ3) is 2.07. The number of fused-ring (bicyclic) bond motifs is 1. The molecule has 0 unspecified atom stereocenters. The van der Waals surface area contributed by atoms with Crippen molar-refractivity contribution in [2.45, 2.75) is 25.8 Å². The van der Waals surface area contributed by atoms with Gasteiger partial charge in [-0.25, -0.2) is 0 Å². The predicted molar refractivity (Wildman–Crippen MR) is 61.1 cm³/mol. The predicted octanol–water partition coefficient (Wildman–Crippen LogP) is 1.70. The van der Waals surface area contributed by atoms with E-state index in [1.165, 1.54) is 0 Å². The summed E-state index contributed by atoms with van der Waals surface area (Å²) in [7, 11) is 1.64. The summed E-state index contributed by atoms with van der Waals surface area (Å²) in [6.45, 7) is 4.21. The third-order valence-electron chi connectivity index (χ3n) is 2.45. The normalized spacial score (nSPS) is 14.0. The molecular formula is C12H17NO3. The molecule has 1 aliphatic heterocycles. The second kappa shape index (κ2) is 3.87. The maximum atomic E-state index is 6.03. The quantitative estimate of drug-likeness (QED) is 0.847. The molecule has 0 aromatic heterocycles. The van der Waals surface area contributed by atoms with Crippen molar-refractivity contribution in [3.05, 3.63) is 17.7 Å². The first-order valence-corrected chi connectivity index (χ1v) is 5.25. The summed E-state index contributed by atoms with van der Waals surface area (Å²) >= 11 is 0. The van der Waals surface area contributed by atoms with Crippen molar-refractivity contribution in [3.63, 3.8) is 0 Å². The van der Waals surface area contributed by atoms with Crippen molar-refractivity contribution in [3.8, 4) is 17.2 Å². The number of ether oxygens (including phenoxy) is 3. The zero-order chi connectivity index (χ0) is 11.8. The van der Waals surface area contributed by atoms with E-state index in [4.69, 9.17) is 19.9 Å². The lowest BCUT2D eigenvalue weighted by molar-refractivity contribution is 0.173. The van der Waals surface area contributed by atoms with Gasteiger partial charge >= 0.3 is 0 Å². The van der Waals surface area contributed by atoms with E-state index in [1.807, 2.05) is 26.0 Å². The first-order valence-electron chi connectivity index (χ1n) is 5.25. The fourth-order valence-corrected chi connectivity index (χ4v) is 1.83. The molecule has 0 saturated carbocycles. The molecule has 0 saturated heterocycles. The first kappa shape index (κ1) is 11.1. The Bertz CT molecular complexity index is 396. The summed E-state index contributed by atoms with van der Waals surface area (Å²) in [4.78, 5) is 0. The molecule has 4 nitrogen and oxygen atoms in total. The molecule has 0 spiro atoms. The van der Waals surface area contributed by atoms with E-state index in [0.29, 0.717) is 6.42 Å². The summed E-state index contributed by atoms with van der Waals surface area (Å²) in [6.07, 6.45) is 0.683. The van der Waals surface area contributed by atoms with E-state index in [0.717, 1.165) is 22.8 Å². The van der Waals surface area contributed by atoms with Crippen molar-refractivity contribution < 1.29 is 14.2 Å². The second-order valence-electron chi connectivity index (χ2n) is 4.65. The van der Waals surface area contributed by atoms with Crippen LogP contribution in [0.2, 0.25) is 0 Å². The zero-order valence-electron chi connectivity index (χ0n) is 9.87. The monoisotopic (exact) mass is 223 g/mol. The van der Waals surface area contributed by atoms with Crippen LogP contribution < -0.4 is 19.9 Å². The number of hydrogen-bond donors (Lipinski definition) is 1. The van der Waals surface area contributed by atoms with Gasteiger partial charge in [0.05, 0.1) is 7.11 Å². The highest BCUT2D eigenvalue weighted by Gasteiger charge is 2.25. The molecule has 0 bridgehead atoms. The first-order chi connectivity index (χ1) is 7.51. The summed E-state index contributed by atoms with van der Waals surface area (Å²) in [5.74, 6) is 2.32. The molecule has 1 aromatic rings. The van der Waals surface area contributed by atoms with E-state index in [1.54, 1.807) is 7.11 Å². The standard InChI is InChI=1S/C12H17NO3/c1-12(2,13)6-8-9(14-3)4-5-10-11(8)16-7-15-10/h4-5H,6-7,13H2,1-3H3. The number of benzene rings is 1. The van der Waals surface area contributed by atoms with Crippen LogP contribution in [0.1, 0.15) is 19.4 Å². The van der Waals surface area contributed by atoms with Crippen LogP contribution in [0.25, 0.3) is 0 Å².